The number of amides is 1. The van der Waals surface area contributed by atoms with Crippen LogP contribution in [-0.4, -0.2) is 38.7 Å². The van der Waals surface area contributed by atoms with Crippen molar-refractivity contribution in [3.63, 3.8) is 0 Å². The number of carbonyl (C=O) groups excluding carboxylic acids is 1. The van der Waals surface area contributed by atoms with Gasteiger partial charge in [-0.25, -0.2) is 4.68 Å². The summed E-state index contributed by atoms with van der Waals surface area (Å²) >= 11 is 0. The van der Waals surface area contributed by atoms with E-state index in [0.29, 0.717) is 24.7 Å². The van der Waals surface area contributed by atoms with Crippen LogP contribution in [0.2, 0.25) is 0 Å². The van der Waals surface area contributed by atoms with Gasteiger partial charge in [-0.2, -0.15) is 10.2 Å². The van der Waals surface area contributed by atoms with Crippen molar-refractivity contribution in [2.45, 2.75) is 26.7 Å². The van der Waals surface area contributed by atoms with Gasteiger partial charge in [-0.05, 0) is 37.6 Å². The molecule has 0 atom stereocenters. The Morgan fingerprint density at radius 2 is 2.04 bits per heavy atom. The fourth-order valence-corrected chi connectivity index (χ4v) is 2.75. The Morgan fingerprint density at radius 3 is 2.67 bits per heavy atom. The second-order valence-electron chi connectivity index (χ2n) is 6.18. The van der Waals surface area contributed by atoms with Gasteiger partial charge in [-0.3, -0.25) is 4.79 Å². The number of nitrogens with zero attached hydrogens (tertiary/aromatic N) is 5. The van der Waals surface area contributed by atoms with E-state index in [1.54, 1.807) is 28.0 Å². The highest BCUT2D eigenvalue weighted by atomic mass is 16.3. The minimum Gasteiger partial charge on any atom is -0.461 e. The van der Waals surface area contributed by atoms with Crippen molar-refractivity contribution >= 4 is 5.91 Å². The molecule has 0 radical (unpaired) electrons. The van der Waals surface area contributed by atoms with E-state index >= 15 is 0 Å². The lowest BCUT2D eigenvalue weighted by Crippen LogP contribution is -2.33. The molecule has 0 spiro atoms. The third kappa shape index (κ3) is 4.06. The lowest BCUT2D eigenvalue weighted by molar-refractivity contribution is 0.0747. The molecule has 138 valence electrons. The fourth-order valence-electron chi connectivity index (χ4n) is 2.75. The molecule has 0 aliphatic rings. The number of benzene rings is 1. The monoisotopic (exact) mass is 363 g/mol. The van der Waals surface area contributed by atoms with Gasteiger partial charge in [-0.15, -0.1) is 5.10 Å². The number of rotatable bonds is 7. The van der Waals surface area contributed by atoms with Gasteiger partial charge in [0.05, 0.1) is 24.4 Å². The molecule has 27 heavy (non-hydrogen) atoms. The van der Waals surface area contributed by atoms with Crippen LogP contribution in [0.1, 0.15) is 35.9 Å². The van der Waals surface area contributed by atoms with E-state index < -0.39 is 0 Å². The number of furan rings is 1. The van der Waals surface area contributed by atoms with E-state index in [9.17, 15) is 4.79 Å². The summed E-state index contributed by atoms with van der Waals surface area (Å²) < 4.78 is 7.09. The highest BCUT2D eigenvalue weighted by Gasteiger charge is 2.24. The standard InChI is InChI=1S/C20H21N5O2/c1-3-12-24(13-5-11-21)20(26)18-22-19(17-6-4-14-27-17)25(23-18)16-9-7-15(2)8-10-16/h4,6-10,14H,3,5,12-13H2,1-2H3. The van der Waals surface area contributed by atoms with Crippen molar-refractivity contribution in [1.29, 1.82) is 5.26 Å². The van der Waals surface area contributed by atoms with Gasteiger partial charge < -0.3 is 9.32 Å². The van der Waals surface area contributed by atoms with Crippen LogP contribution in [-0.2, 0) is 0 Å². The summed E-state index contributed by atoms with van der Waals surface area (Å²) in [5.41, 5.74) is 1.91. The quantitative estimate of drug-likeness (QED) is 0.640. The SMILES string of the molecule is CCCN(CCC#N)C(=O)c1nc(-c2ccco2)n(-c2ccc(C)cc2)n1. The molecule has 0 unspecified atom stereocenters. The van der Waals surface area contributed by atoms with E-state index in [2.05, 4.69) is 16.2 Å². The van der Waals surface area contributed by atoms with Crippen LogP contribution in [0.15, 0.2) is 47.1 Å². The highest BCUT2D eigenvalue weighted by molar-refractivity contribution is 5.91. The van der Waals surface area contributed by atoms with E-state index in [0.717, 1.165) is 17.7 Å². The molecule has 0 saturated heterocycles. The lowest BCUT2D eigenvalue weighted by Gasteiger charge is -2.18. The van der Waals surface area contributed by atoms with Crippen molar-refractivity contribution in [3.05, 3.63) is 54.0 Å². The molecule has 2 aromatic heterocycles. The van der Waals surface area contributed by atoms with Crippen molar-refractivity contribution in [2.24, 2.45) is 0 Å². The zero-order valence-electron chi connectivity index (χ0n) is 15.4. The number of nitriles is 1. The smallest absolute Gasteiger partial charge is 0.293 e. The van der Waals surface area contributed by atoms with Gasteiger partial charge in [0.15, 0.2) is 11.6 Å². The maximum absolute atomic E-state index is 12.9. The summed E-state index contributed by atoms with van der Waals surface area (Å²) in [4.78, 5) is 19.0. The molecule has 1 aromatic carbocycles. The lowest BCUT2D eigenvalue weighted by atomic mass is 10.2. The van der Waals surface area contributed by atoms with Crippen LogP contribution < -0.4 is 0 Å². The summed E-state index contributed by atoms with van der Waals surface area (Å²) in [6.07, 6.45) is 2.62. The predicted octanol–water partition coefficient (Wildman–Crippen LogP) is 3.60. The van der Waals surface area contributed by atoms with Gasteiger partial charge in [0.25, 0.3) is 5.91 Å². The summed E-state index contributed by atoms with van der Waals surface area (Å²) in [5, 5.41) is 13.3. The van der Waals surface area contributed by atoms with E-state index in [1.807, 2.05) is 38.1 Å². The first-order chi connectivity index (χ1) is 13.1. The van der Waals surface area contributed by atoms with E-state index in [1.165, 1.54) is 0 Å². The van der Waals surface area contributed by atoms with Crippen molar-refractivity contribution in [1.82, 2.24) is 19.7 Å². The predicted molar refractivity (Wildman–Crippen MR) is 100 cm³/mol. The highest BCUT2D eigenvalue weighted by Crippen LogP contribution is 2.22. The van der Waals surface area contributed by atoms with E-state index in [-0.39, 0.29) is 18.2 Å². The van der Waals surface area contributed by atoms with E-state index in [4.69, 9.17) is 9.68 Å². The third-order valence-corrected chi connectivity index (χ3v) is 4.09. The summed E-state index contributed by atoms with van der Waals surface area (Å²) in [6.45, 7) is 4.90. The van der Waals surface area contributed by atoms with Crippen molar-refractivity contribution < 1.29 is 9.21 Å². The van der Waals surface area contributed by atoms with Crippen molar-refractivity contribution in [2.75, 3.05) is 13.1 Å². The van der Waals surface area contributed by atoms with Gasteiger partial charge in [0.1, 0.15) is 0 Å². The normalized spacial score (nSPS) is 10.6. The first-order valence-electron chi connectivity index (χ1n) is 8.88. The molecule has 0 N–H and O–H groups in total. The van der Waals surface area contributed by atoms with Crippen LogP contribution in [0, 0.1) is 18.3 Å². The fraction of sp³-hybridized carbons (Fsp3) is 0.300. The number of aryl methyl sites for hydroxylation is 1. The number of hydrogen-bond donors (Lipinski definition) is 0. The Hall–Kier alpha value is -3.40. The second-order valence-corrected chi connectivity index (χ2v) is 6.18. The molecule has 3 rings (SSSR count). The Balaban J connectivity index is 2.02. The molecule has 0 fully saturated rings. The zero-order chi connectivity index (χ0) is 19.2. The zero-order valence-corrected chi connectivity index (χ0v) is 15.4. The number of carbonyl (C=O) groups is 1. The molecule has 0 aliphatic heterocycles. The Morgan fingerprint density at radius 1 is 1.26 bits per heavy atom. The topological polar surface area (TPSA) is 88.0 Å². The van der Waals surface area contributed by atoms with Gasteiger partial charge in [-0.1, -0.05) is 24.6 Å². The maximum Gasteiger partial charge on any atom is 0.293 e. The van der Waals surface area contributed by atoms with Crippen LogP contribution in [0.3, 0.4) is 0 Å². The number of hydrogen-bond acceptors (Lipinski definition) is 5. The summed E-state index contributed by atoms with van der Waals surface area (Å²) in [5.74, 6) is 0.796. The second kappa shape index (κ2) is 8.32. The molecule has 7 heteroatoms. The van der Waals surface area contributed by atoms with Crippen LogP contribution in [0.5, 0.6) is 0 Å². The van der Waals surface area contributed by atoms with Gasteiger partial charge in [0, 0.05) is 13.1 Å². The Kier molecular flexibility index (Phi) is 5.67. The molecule has 0 saturated carbocycles. The van der Waals surface area contributed by atoms with Crippen molar-refractivity contribution in [3.8, 4) is 23.3 Å². The first-order valence-corrected chi connectivity index (χ1v) is 8.88. The maximum atomic E-state index is 12.9. The molecule has 0 bridgehead atoms. The first kappa shape index (κ1) is 18.4. The minimum atomic E-state index is -0.286. The Bertz CT molecular complexity index is 936. The molecular formula is C20H21N5O2. The average Bonchev–Trinajstić information content (AvgIpc) is 3.34. The van der Waals surface area contributed by atoms with Crippen LogP contribution in [0.4, 0.5) is 0 Å². The van der Waals surface area contributed by atoms with Gasteiger partial charge in [0.2, 0.25) is 5.82 Å². The average molecular weight is 363 g/mol. The molecule has 2 heterocycles. The third-order valence-electron chi connectivity index (χ3n) is 4.09. The Labute approximate surface area is 157 Å². The largest absolute Gasteiger partial charge is 0.461 e. The molecular weight excluding hydrogens is 342 g/mol. The minimum absolute atomic E-state index is 0.0911. The van der Waals surface area contributed by atoms with Gasteiger partial charge >= 0.3 is 0 Å². The molecule has 3 aromatic rings. The number of aromatic nitrogens is 3. The molecule has 0 aliphatic carbocycles. The molecule has 1 amide bonds. The summed E-state index contributed by atoms with van der Waals surface area (Å²) in [7, 11) is 0. The molecule has 7 nitrogen and oxygen atoms in total. The van der Waals surface area contributed by atoms with Crippen LogP contribution >= 0.6 is 0 Å². The van der Waals surface area contributed by atoms with Crippen LogP contribution in [0.25, 0.3) is 17.3 Å². The summed E-state index contributed by atoms with van der Waals surface area (Å²) in [6, 6.07) is 13.4.